The third kappa shape index (κ3) is 6.50. The number of nitro benzene ring substituents is 1. The maximum atomic E-state index is 11.6. The molecule has 0 aromatic heterocycles. The van der Waals surface area contributed by atoms with Crippen LogP contribution in [0.25, 0.3) is 0 Å². The van der Waals surface area contributed by atoms with Crippen molar-refractivity contribution >= 4 is 28.9 Å². The van der Waals surface area contributed by atoms with Gasteiger partial charge in [-0.1, -0.05) is 53.5 Å². The van der Waals surface area contributed by atoms with Crippen molar-refractivity contribution in [2.45, 2.75) is 13.0 Å². The molecule has 0 saturated heterocycles. The van der Waals surface area contributed by atoms with Gasteiger partial charge in [0.1, 0.15) is 18.1 Å². The molecule has 7 heteroatoms. The predicted octanol–water partition coefficient (Wildman–Crippen LogP) is 8.07. The molecule has 0 aliphatic carbocycles. The maximum Gasteiger partial charge on any atom is 0.311 e. The molecule has 34 heavy (non-hydrogen) atoms. The first-order chi connectivity index (χ1) is 16.5. The van der Waals surface area contributed by atoms with Gasteiger partial charge in [0.05, 0.1) is 4.92 Å². The van der Waals surface area contributed by atoms with Gasteiger partial charge in [-0.05, 0) is 84.1 Å². The van der Waals surface area contributed by atoms with E-state index in [2.05, 4.69) is 0 Å². The molecule has 0 atom stereocenters. The normalized spacial score (nSPS) is 10.6. The van der Waals surface area contributed by atoms with E-state index in [1.54, 1.807) is 36.4 Å². The van der Waals surface area contributed by atoms with Gasteiger partial charge < -0.3 is 9.47 Å². The molecule has 0 heterocycles. The number of nitro groups is 1. The summed E-state index contributed by atoms with van der Waals surface area (Å²) in [6, 6.07) is 26.8. The molecular weight excluding hydrogens is 473 g/mol. The molecule has 0 aliphatic heterocycles. The zero-order chi connectivity index (χ0) is 23.9. The molecule has 1 radical (unpaired) electrons. The van der Waals surface area contributed by atoms with Crippen LogP contribution in [-0.4, -0.2) is 4.92 Å². The highest BCUT2D eigenvalue weighted by Crippen LogP contribution is 2.33. The Morgan fingerprint density at radius 3 is 2.00 bits per heavy atom. The summed E-state index contributed by atoms with van der Waals surface area (Å²) in [7, 11) is 0. The van der Waals surface area contributed by atoms with Gasteiger partial charge in [0.2, 0.25) is 5.75 Å². The predicted molar refractivity (Wildman–Crippen MR) is 134 cm³/mol. The van der Waals surface area contributed by atoms with Crippen LogP contribution in [0.15, 0.2) is 91.0 Å². The van der Waals surface area contributed by atoms with Gasteiger partial charge in [-0.2, -0.15) is 0 Å². The van der Waals surface area contributed by atoms with Crippen molar-refractivity contribution in [1.29, 1.82) is 0 Å². The summed E-state index contributed by atoms with van der Waals surface area (Å²) in [5.41, 5.74) is 2.72. The van der Waals surface area contributed by atoms with Crippen LogP contribution in [0.4, 0.5) is 5.69 Å². The van der Waals surface area contributed by atoms with Crippen LogP contribution in [-0.2, 0) is 13.0 Å². The first-order valence-electron chi connectivity index (χ1n) is 10.5. The summed E-state index contributed by atoms with van der Waals surface area (Å²) >= 11 is 11.8. The van der Waals surface area contributed by atoms with Crippen LogP contribution in [0.3, 0.4) is 0 Å². The monoisotopic (exact) mass is 492 g/mol. The van der Waals surface area contributed by atoms with E-state index in [9.17, 15) is 10.1 Å². The Bertz CT molecular complexity index is 1260. The smallest absolute Gasteiger partial charge is 0.311 e. The van der Waals surface area contributed by atoms with Crippen molar-refractivity contribution in [3.63, 3.8) is 0 Å². The van der Waals surface area contributed by atoms with E-state index in [0.29, 0.717) is 28.8 Å². The zero-order valence-electron chi connectivity index (χ0n) is 18.0. The number of nitrogens with zero attached hydrogens (tertiary/aromatic N) is 1. The lowest BCUT2D eigenvalue weighted by Crippen LogP contribution is -1.97. The lowest BCUT2D eigenvalue weighted by Gasteiger charge is -2.09. The molecule has 0 bridgehead atoms. The minimum atomic E-state index is -0.449. The van der Waals surface area contributed by atoms with Crippen molar-refractivity contribution in [2.24, 2.45) is 0 Å². The van der Waals surface area contributed by atoms with Crippen molar-refractivity contribution in [3.05, 3.63) is 134 Å². The lowest BCUT2D eigenvalue weighted by molar-refractivity contribution is -0.385. The number of benzene rings is 4. The summed E-state index contributed by atoms with van der Waals surface area (Å²) in [5, 5.41) is 12.8. The Kier molecular flexibility index (Phi) is 7.68. The van der Waals surface area contributed by atoms with Crippen molar-refractivity contribution in [3.8, 4) is 17.2 Å². The van der Waals surface area contributed by atoms with Crippen LogP contribution in [0.1, 0.15) is 16.7 Å². The first kappa shape index (κ1) is 23.6. The standard InChI is InChI=1S/C27H20Cl2NO4/c28-22-8-3-21(4-9-22)18-33-24-12-5-19(6-13-24)1-2-20-7-16-27(26(17-20)30(31)32)34-25-14-10-23(29)11-15-25/h2-17H,1,18H2. The number of ether oxygens (including phenoxy) is 2. The van der Waals surface area contributed by atoms with Crippen molar-refractivity contribution in [2.75, 3.05) is 0 Å². The fourth-order valence-corrected chi connectivity index (χ4v) is 3.48. The molecule has 0 amide bonds. The van der Waals surface area contributed by atoms with Gasteiger partial charge in [-0.15, -0.1) is 0 Å². The second-order valence-electron chi connectivity index (χ2n) is 7.51. The average Bonchev–Trinajstić information content (AvgIpc) is 2.85. The quantitative estimate of drug-likeness (QED) is 0.175. The summed E-state index contributed by atoms with van der Waals surface area (Å²) < 4.78 is 11.5. The Morgan fingerprint density at radius 1 is 0.765 bits per heavy atom. The molecule has 4 rings (SSSR count). The Morgan fingerprint density at radius 2 is 1.35 bits per heavy atom. The van der Waals surface area contributed by atoms with Crippen molar-refractivity contribution in [1.82, 2.24) is 0 Å². The third-order valence-corrected chi connectivity index (χ3v) is 5.54. The molecule has 0 unspecified atom stereocenters. The number of rotatable bonds is 9. The van der Waals surface area contributed by atoms with Crippen LogP contribution < -0.4 is 9.47 Å². The van der Waals surface area contributed by atoms with E-state index in [-0.39, 0.29) is 11.4 Å². The molecule has 0 saturated carbocycles. The van der Waals surface area contributed by atoms with Gasteiger partial charge >= 0.3 is 5.69 Å². The van der Waals surface area contributed by atoms with Crippen LogP contribution in [0.2, 0.25) is 10.0 Å². The summed E-state index contributed by atoms with van der Waals surface area (Å²) in [6.45, 7) is 0.455. The first-order valence-corrected chi connectivity index (χ1v) is 11.2. The fraction of sp³-hybridized carbons (Fsp3) is 0.0741. The van der Waals surface area contributed by atoms with Gasteiger partial charge in [0, 0.05) is 16.1 Å². The Hall–Kier alpha value is -3.54. The topological polar surface area (TPSA) is 61.6 Å². The maximum absolute atomic E-state index is 11.6. The lowest BCUT2D eigenvalue weighted by atomic mass is 10.0. The van der Waals surface area contributed by atoms with Gasteiger partial charge in [-0.25, -0.2) is 0 Å². The molecule has 4 aromatic rings. The highest BCUT2D eigenvalue weighted by molar-refractivity contribution is 6.30. The van der Waals surface area contributed by atoms with Crippen LogP contribution in [0.5, 0.6) is 17.2 Å². The molecular formula is C27H20Cl2NO4. The molecule has 0 aliphatic rings. The van der Waals surface area contributed by atoms with E-state index in [0.717, 1.165) is 22.4 Å². The molecule has 5 nitrogen and oxygen atoms in total. The SMILES string of the molecule is O=[N+]([O-])c1cc([CH]Cc2ccc(OCc3ccc(Cl)cc3)cc2)ccc1Oc1ccc(Cl)cc1. The minimum Gasteiger partial charge on any atom is -0.489 e. The van der Waals surface area contributed by atoms with Gasteiger partial charge in [0.25, 0.3) is 0 Å². The second kappa shape index (κ2) is 11.1. The van der Waals surface area contributed by atoms with Crippen LogP contribution in [0, 0.1) is 16.5 Å². The average molecular weight is 493 g/mol. The molecule has 4 aromatic carbocycles. The van der Waals surface area contributed by atoms with Crippen molar-refractivity contribution < 1.29 is 14.4 Å². The highest BCUT2D eigenvalue weighted by Gasteiger charge is 2.17. The van der Waals surface area contributed by atoms with Gasteiger partial charge in [0.15, 0.2) is 0 Å². The molecule has 0 spiro atoms. The van der Waals surface area contributed by atoms with Crippen LogP contribution >= 0.6 is 23.2 Å². The largest absolute Gasteiger partial charge is 0.489 e. The fourth-order valence-electron chi connectivity index (χ4n) is 3.22. The highest BCUT2D eigenvalue weighted by atomic mass is 35.5. The third-order valence-electron chi connectivity index (χ3n) is 5.04. The van der Waals surface area contributed by atoms with E-state index >= 15 is 0 Å². The minimum absolute atomic E-state index is 0.102. The number of hydrogen-bond acceptors (Lipinski definition) is 4. The molecule has 171 valence electrons. The zero-order valence-corrected chi connectivity index (χ0v) is 19.5. The Balaban J connectivity index is 1.36. The second-order valence-corrected chi connectivity index (χ2v) is 8.38. The van der Waals surface area contributed by atoms with E-state index < -0.39 is 4.92 Å². The van der Waals surface area contributed by atoms with E-state index in [4.69, 9.17) is 32.7 Å². The van der Waals surface area contributed by atoms with E-state index in [1.165, 1.54) is 6.07 Å². The molecule has 0 fully saturated rings. The summed E-state index contributed by atoms with van der Waals surface area (Å²) in [6.07, 6.45) is 2.55. The summed E-state index contributed by atoms with van der Waals surface area (Å²) in [5.74, 6) is 1.41. The van der Waals surface area contributed by atoms with E-state index in [1.807, 2.05) is 55.0 Å². The Labute approximate surface area is 207 Å². The summed E-state index contributed by atoms with van der Waals surface area (Å²) in [4.78, 5) is 11.1. The number of halogens is 2. The van der Waals surface area contributed by atoms with Gasteiger partial charge in [-0.3, -0.25) is 10.1 Å². The number of hydrogen-bond donors (Lipinski definition) is 0. The molecule has 0 N–H and O–H groups in total.